The zero-order valence-electron chi connectivity index (χ0n) is 14.1. The molecule has 0 saturated carbocycles. The van der Waals surface area contributed by atoms with E-state index in [4.69, 9.17) is 5.21 Å². The van der Waals surface area contributed by atoms with Gasteiger partial charge in [-0.2, -0.15) is 5.48 Å². The van der Waals surface area contributed by atoms with E-state index < -0.39 is 16.1 Å². The van der Waals surface area contributed by atoms with Crippen molar-refractivity contribution in [2.75, 3.05) is 5.75 Å². The van der Waals surface area contributed by atoms with Crippen LogP contribution in [0.2, 0.25) is 0 Å². The van der Waals surface area contributed by atoms with Crippen LogP contribution >= 0.6 is 0 Å². The number of hydroxylamine groups is 1. The average molecular weight is 372 g/mol. The Labute approximate surface area is 151 Å². The van der Waals surface area contributed by atoms with Gasteiger partial charge in [-0.15, -0.1) is 0 Å². The molecule has 4 rings (SSSR count). The minimum atomic E-state index is -3.30. The Balaban J connectivity index is 1.82. The monoisotopic (exact) mass is 372 g/mol. The number of para-hydroxylation sites is 1. The molecule has 2 heterocycles. The summed E-state index contributed by atoms with van der Waals surface area (Å²) < 4.78 is 27.4. The maximum atomic E-state index is 12.7. The first-order valence-electron chi connectivity index (χ1n) is 8.50. The Kier molecular flexibility index (Phi) is 4.32. The predicted octanol–water partition coefficient (Wildman–Crippen LogP) is 2.38. The number of nitrogens with zero attached hydrogens (tertiary/aromatic N) is 1. The molecule has 0 saturated heterocycles. The SMILES string of the molecule is O=S1(=O)CCCc2c1n(Cc1ccc(C(O)NO)cc1)c1ccccc21. The molecule has 1 aliphatic heterocycles. The number of nitrogens with one attached hydrogen (secondary N) is 1. The molecule has 1 unspecified atom stereocenters. The zero-order chi connectivity index (χ0) is 18.3. The van der Waals surface area contributed by atoms with Crippen LogP contribution in [0.25, 0.3) is 10.9 Å². The van der Waals surface area contributed by atoms with Crippen molar-refractivity contribution in [1.29, 1.82) is 0 Å². The number of hydrogen-bond acceptors (Lipinski definition) is 5. The summed E-state index contributed by atoms with van der Waals surface area (Å²) >= 11 is 0. The highest BCUT2D eigenvalue weighted by Crippen LogP contribution is 2.35. The summed E-state index contributed by atoms with van der Waals surface area (Å²) in [6, 6.07) is 14.9. The molecule has 0 bridgehead atoms. The normalized spacial score (nSPS) is 17.2. The molecule has 26 heavy (non-hydrogen) atoms. The van der Waals surface area contributed by atoms with E-state index in [-0.39, 0.29) is 5.75 Å². The number of hydrogen-bond donors (Lipinski definition) is 3. The first kappa shape index (κ1) is 17.2. The van der Waals surface area contributed by atoms with Gasteiger partial charge in [0.2, 0.25) is 0 Å². The lowest BCUT2D eigenvalue weighted by Gasteiger charge is -2.17. The molecule has 1 aliphatic rings. The number of aromatic nitrogens is 1. The maximum Gasteiger partial charge on any atom is 0.194 e. The molecule has 3 N–H and O–H groups in total. The highest BCUT2D eigenvalue weighted by atomic mass is 32.2. The second-order valence-corrected chi connectivity index (χ2v) is 8.61. The van der Waals surface area contributed by atoms with Crippen LogP contribution in [0.4, 0.5) is 0 Å². The first-order valence-corrected chi connectivity index (χ1v) is 10.2. The maximum absolute atomic E-state index is 12.7. The molecule has 0 aliphatic carbocycles. The summed E-state index contributed by atoms with van der Waals surface area (Å²) in [5.74, 6) is 0.184. The molecular weight excluding hydrogens is 352 g/mol. The average Bonchev–Trinajstić information content (AvgIpc) is 2.97. The summed E-state index contributed by atoms with van der Waals surface area (Å²) in [4.78, 5) is 0. The summed E-state index contributed by atoms with van der Waals surface area (Å²) in [5, 5.41) is 19.8. The Morgan fingerprint density at radius 3 is 2.58 bits per heavy atom. The number of aliphatic hydroxyl groups excluding tert-OH is 1. The van der Waals surface area contributed by atoms with Gasteiger partial charge in [-0.25, -0.2) is 8.42 Å². The van der Waals surface area contributed by atoms with Gasteiger partial charge in [0.05, 0.1) is 5.75 Å². The standard InChI is InChI=1S/C19H20N2O4S/c22-18(20-23)14-9-7-13(8-10-14)12-21-17-6-2-1-4-15(17)16-5-3-11-26(24,25)19(16)21/h1-2,4,6-10,18,20,22-23H,3,5,11-12H2. The number of benzene rings is 2. The summed E-state index contributed by atoms with van der Waals surface area (Å²) in [5.41, 5.74) is 5.08. The Bertz CT molecular complexity index is 1060. The molecule has 0 fully saturated rings. The highest BCUT2D eigenvalue weighted by molar-refractivity contribution is 7.91. The number of fused-ring (bicyclic) bond motifs is 3. The van der Waals surface area contributed by atoms with Crippen molar-refractivity contribution in [1.82, 2.24) is 10.0 Å². The van der Waals surface area contributed by atoms with Gasteiger partial charge in [-0.05, 0) is 35.6 Å². The number of rotatable bonds is 4. The summed E-state index contributed by atoms with van der Waals surface area (Å²) in [7, 11) is -3.30. The van der Waals surface area contributed by atoms with Gasteiger partial charge in [0, 0.05) is 17.4 Å². The van der Waals surface area contributed by atoms with Crippen LogP contribution in [0.3, 0.4) is 0 Å². The second-order valence-electron chi connectivity index (χ2n) is 6.58. The van der Waals surface area contributed by atoms with Gasteiger partial charge >= 0.3 is 0 Å². The summed E-state index contributed by atoms with van der Waals surface area (Å²) in [6.07, 6.45) is 0.281. The van der Waals surface area contributed by atoms with E-state index in [1.165, 1.54) is 0 Å². The van der Waals surface area contributed by atoms with E-state index in [1.807, 2.05) is 41.0 Å². The number of sulfone groups is 1. The molecule has 1 aromatic heterocycles. The third kappa shape index (κ3) is 2.83. The van der Waals surface area contributed by atoms with Crippen molar-refractivity contribution < 1.29 is 18.7 Å². The predicted molar refractivity (Wildman–Crippen MR) is 97.7 cm³/mol. The minimum absolute atomic E-state index is 0.184. The topological polar surface area (TPSA) is 91.6 Å². The van der Waals surface area contributed by atoms with Crippen LogP contribution in [0.1, 0.15) is 29.3 Å². The first-order chi connectivity index (χ1) is 12.5. The zero-order valence-corrected chi connectivity index (χ0v) is 14.9. The molecule has 3 aromatic rings. The molecule has 0 spiro atoms. The van der Waals surface area contributed by atoms with Crippen LogP contribution in [-0.4, -0.2) is 29.1 Å². The fourth-order valence-electron chi connectivity index (χ4n) is 3.70. The van der Waals surface area contributed by atoms with Crippen molar-refractivity contribution >= 4 is 20.7 Å². The van der Waals surface area contributed by atoms with E-state index in [9.17, 15) is 13.5 Å². The van der Waals surface area contributed by atoms with Crippen molar-refractivity contribution in [2.45, 2.75) is 30.6 Å². The molecular formula is C19H20N2O4S. The molecule has 2 aromatic carbocycles. The third-order valence-electron chi connectivity index (χ3n) is 4.92. The van der Waals surface area contributed by atoms with Crippen LogP contribution < -0.4 is 5.48 Å². The molecule has 6 nitrogen and oxygen atoms in total. The van der Waals surface area contributed by atoms with E-state index in [2.05, 4.69) is 0 Å². The molecule has 7 heteroatoms. The third-order valence-corrected chi connectivity index (χ3v) is 6.80. The van der Waals surface area contributed by atoms with Gasteiger partial charge in [0.1, 0.15) is 5.03 Å². The van der Waals surface area contributed by atoms with E-state index in [1.54, 1.807) is 17.6 Å². The van der Waals surface area contributed by atoms with Gasteiger partial charge in [0.15, 0.2) is 16.1 Å². The van der Waals surface area contributed by atoms with Crippen molar-refractivity contribution in [3.8, 4) is 0 Å². The summed E-state index contributed by atoms with van der Waals surface area (Å²) in [6.45, 7) is 0.429. The Hall–Kier alpha value is -2.19. The lowest BCUT2D eigenvalue weighted by atomic mass is 10.1. The highest BCUT2D eigenvalue weighted by Gasteiger charge is 2.30. The van der Waals surface area contributed by atoms with Crippen LogP contribution in [0.15, 0.2) is 53.6 Å². The lowest BCUT2D eigenvalue weighted by molar-refractivity contribution is 0.000692. The van der Waals surface area contributed by atoms with E-state index in [0.717, 1.165) is 28.5 Å². The molecule has 1 atom stereocenters. The largest absolute Gasteiger partial charge is 0.372 e. The molecule has 0 radical (unpaired) electrons. The number of aryl methyl sites for hydroxylation is 1. The van der Waals surface area contributed by atoms with Crippen LogP contribution in [0, 0.1) is 0 Å². The van der Waals surface area contributed by atoms with Crippen molar-refractivity contribution in [2.24, 2.45) is 0 Å². The quantitative estimate of drug-likeness (QED) is 0.483. The second kappa shape index (κ2) is 6.51. The fourth-order valence-corrected chi connectivity index (χ4v) is 5.51. The molecule has 0 amide bonds. The Morgan fingerprint density at radius 1 is 1.12 bits per heavy atom. The smallest absolute Gasteiger partial charge is 0.194 e. The van der Waals surface area contributed by atoms with Crippen molar-refractivity contribution in [3.63, 3.8) is 0 Å². The van der Waals surface area contributed by atoms with Crippen LogP contribution in [0.5, 0.6) is 0 Å². The molecule has 136 valence electrons. The van der Waals surface area contributed by atoms with Gasteiger partial charge < -0.3 is 14.9 Å². The van der Waals surface area contributed by atoms with E-state index >= 15 is 0 Å². The lowest BCUT2D eigenvalue weighted by Crippen LogP contribution is -2.20. The fraction of sp³-hybridized carbons (Fsp3) is 0.263. The minimum Gasteiger partial charge on any atom is -0.372 e. The van der Waals surface area contributed by atoms with Gasteiger partial charge in [-0.3, -0.25) is 0 Å². The van der Waals surface area contributed by atoms with Gasteiger partial charge in [-0.1, -0.05) is 42.5 Å². The van der Waals surface area contributed by atoms with Crippen LogP contribution in [-0.2, 0) is 22.8 Å². The van der Waals surface area contributed by atoms with Crippen molar-refractivity contribution in [3.05, 3.63) is 65.2 Å². The number of aliphatic hydroxyl groups is 1. The van der Waals surface area contributed by atoms with Gasteiger partial charge in [0.25, 0.3) is 0 Å². The Morgan fingerprint density at radius 2 is 1.85 bits per heavy atom. The van der Waals surface area contributed by atoms with E-state index in [0.29, 0.717) is 23.6 Å².